The topological polar surface area (TPSA) is 58.4 Å². The van der Waals surface area contributed by atoms with Crippen LogP contribution in [-0.4, -0.2) is 26.0 Å². The van der Waals surface area contributed by atoms with Crippen LogP contribution in [0.15, 0.2) is 55.1 Å². The molecule has 0 saturated carbocycles. The molecule has 0 bridgehead atoms. The summed E-state index contributed by atoms with van der Waals surface area (Å²) in [6, 6.07) is 16.4. The maximum absolute atomic E-state index is 9.22. The van der Waals surface area contributed by atoms with Crippen molar-refractivity contribution in [3.63, 3.8) is 0 Å². The van der Waals surface area contributed by atoms with Gasteiger partial charge in [0.05, 0.1) is 0 Å². The molecule has 1 aliphatic rings. The minimum Gasteiger partial charge on any atom is -0.372 e. The van der Waals surface area contributed by atoms with Crippen LogP contribution in [0.2, 0.25) is 0 Å². The first-order valence-corrected chi connectivity index (χ1v) is 11.8. The molecule has 0 saturated heterocycles. The van der Waals surface area contributed by atoms with Crippen LogP contribution in [0.3, 0.4) is 0 Å². The highest BCUT2D eigenvalue weighted by Crippen LogP contribution is 2.33. The van der Waals surface area contributed by atoms with E-state index < -0.39 is 0 Å². The summed E-state index contributed by atoms with van der Waals surface area (Å²) in [5.41, 5.74) is 11.3. The van der Waals surface area contributed by atoms with E-state index in [0.29, 0.717) is 6.04 Å². The molecule has 32 heavy (non-hydrogen) atoms. The summed E-state index contributed by atoms with van der Waals surface area (Å²) in [5, 5.41) is 3.19. The zero-order valence-electron chi connectivity index (χ0n) is 22.0. The van der Waals surface area contributed by atoms with Gasteiger partial charge >= 0.3 is 0 Å². The number of nitrogens with zero attached hydrogens (tertiary/aromatic N) is 1. The van der Waals surface area contributed by atoms with E-state index in [1.165, 1.54) is 47.7 Å². The Kier molecular flexibility index (Phi) is 18.9. The van der Waals surface area contributed by atoms with Crippen LogP contribution in [0.5, 0.6) is 0 Å². The number of carbonyl (C=O) groups excluding carboxylic acids is 1. The number of carbonyl (C=O) groups is 1. The van der Waals surface area contributed by atoms with Crippen LogP contribution in [0, 0.1) is 0 Å². The molecule has 180 valence electrons. The van der Waals surface area contributed by atoms with Gasteiger partial charge in [-0.15, -0.1) is 6.58 Å². The van der Waals surface area contributed by atoms with E-state index in [4.69, 9.17) is 0 Å². The number of nitrogens with one attached hydrogen (secondary N) is 1. The van der Waals surface area contributed by atoms with Gasteiger partial charge in [0.25, 0.3) is 0 Å². The van der Waals surface area contributed by atoms with Crippen molar-refractivity contribution in [2.75, 3.05) is 19.0 Å². The fraction of sp³-hybridized carbons (Fsp3) is 0.464. The molecule has 3 N–H and O–H groups in total. The first-order valence-electron chi connectivity index (χ1n) is 11.8. The Hall–Kier alpha value is -2.59. The summed E-state index contributed by atoms with van der Waals surface area (Å²) in [4.78, 5) is 11.6. The van der Waals surface area contributed by atoms with E-state index in [-0.39, 0.29) is 5.91 Å². The fourth-order valence-corrected chi connectivity index (χ4v) is 3.12. The number of hydrogen-bond acceptors (Lipinski definition) is 3. The Morgan fingerprint density at radius 2 is 1.59 bits per heavy atom. The van der Waals surface area contributed by atoms with Gasteiger partial charge in [0.1, 0.15) is 0 Å². The molecule has 3 rings (SSSR count). The van der Waals surface area contributed by atoms with Crippen molar-refractivity contribution in [3.05, 3.63) is 66.2 Å². The first kappa shape index (κ1) is 31.6. The molecule has 4 heteroatoms. The van der Waals surface area contributed by atoms with E-state index in [1.807, 2.05) is 41.7 Å². The van der Waals surface area contributed by atoms with Gasteiger partial charge in [-0.05, 0) is 68.1 Å². The molecule has 1 aliphatic heterocycles. The highest BCUT2D eigenvalue weighted by molar-refractivity contribution is 5.70. The van der Waals surface area contributed by atoms with Gasteiger partial charge in [-0.25, -0.2) is 0 Å². The number of aryl methyl sites for hydroxylation is 1. The lowest BCUT2D eigenvalue weighted by molar-refractivity contribution is -0.115. The first-order chi connectivity index (χ1) is 15.3. The number of benzene rings is 2. The standard InChI is InChI=1S/C19H24N2.C3H6.C2H5NO.2C2H6/c1-14-4-7-18-12-17(10-11-19(18)21(14)3)16-8-5-15(6-9-16)13-20-2;1-3-2;1-2(3)4;2*1-2/h5-6,8-12,14,20H,4,7,13H2,1-3H3;3H,1H2,2H3;1H3,(H2,3,4);2*1-2H3/t14-;;;;/m0..../s1. The van der Waals surface area contributed by atoms with Crippen molar-refractivity contribution in [3.8, 4) is 11.1 Å². The third-order valence-corrected chi connectivity index (χ3v) is 4.62. The second-order valence-corrected chi connectivity index (χ2v) is 7.09. The summed E-state index contributed by atoms with van der Waals surface area (Å²) in [6.07, 6.45) is 4.18. The van der Waals surface area contributed by atoms with Gasteiger partial charge in [-0.3, -0.25) is 4.79 Å². The molecule has 2 aromatic carbocycles. The third kappa shape index (κ3) is 11.7. The van der Waals surface area contributed by atoms with Crippen LogP contribution >= 0.6 is 0 Å². The van der Waals surface area contributed by atoms with Gasteiger partial charge in [-0.1, -0.05) is 64.1 Å². The molecule has 1 atom stereocenters. The number of hydrogen-bond donors (Lipinski definition) is 2. The zero-order chi connectivity index (χ0) is 25.1. The maximum atomic E-state index is 9.22. The molecular weight excluding hydrogens is 394 g/mol. The van der Waals surface area contributed by atoms with Crippen LogP contribution in [0.1, 0.15) is 66.0 Å². The van der Waals surface area contributed by atoms with Crippen LogP contribution in [0.25, 0.3) is 11.1 Å². The summed E-state index contributed by atoms with van der Waals surface area (Å²) in [5.74, 6) is -0.333. The lowest BCUT2D eigenvalue weighted by Gasteiger charge is -2.34. The molecular formula is C28H47N3O. The minimum absolute atomic E-state index is 0.333. The van der Waals surface area contributed by atoms with Crippen LogP contribution in [-0.2, 0) is 17.8 Å². The summed E-state index contributed by atoms with van der Waals surface area (Å²) >= 11 is 0. The summed E-state index contributed by atoms with van der Waals surface area (Å²) in [7, 11) is 4.18. The van der Waals surface area contributed by atoms with Crippen molar-refractivity contribution in [1.82, 2.24) is 5.32 Å². The van der Waals surface area contributed by atoms with Gasteiger partial charge in [0, 0.05) is 32.2 Å². The second kappa shape index (κ2) is 19.1. The lowest BCUT2D eigenvalue weighted by atomic mass is 9.93. The zero-order valence-corrected chi connectivity index (χ0v) is 22.0. The maximum Gasteiger partial charge on any atom is 0.214 e. The van der Waals surface area contributed by atoms with E-state index in [0.717, 1.165) is 6.54 Å². The van der Waals surface area contributed by atoms with Crippen molar-refractivity contribution in [2.24, 2.45) is 5.73 Å². The highest BCUT2D eigenvalue weighted by Gasteiger charge is 2.19. The molecule has 1 heterocycles. The Morgan fingerprint density at radius 1 is 1.12 bits per heavy atom. The molecule has 0 unspecified atom stereocenters. The second-order valence-electron chi connectivity index (χ2n) is 7.09. The lowest BCUT2D eigenvalue weighted by Crippen LogP contribution is -2.33. The Morgan fingerprint density at radius 3 is 2.06 bits per heavy atom. The summed E-state index contributed by atoms with van der Waals surface area (Å²) < 4.78 is 0. The molecule has 0 aromatic heterocycles. The number of primary amides is 1. The molecule has 4 nitrogen and oxygen atoms in total. The van der Waals surface area contributed by atoms with Gasteiger partial charge in [0.15, 0.2) is 0 Å². The predicted molar refractivity (Wildman–Crippen MR) is 144 cm³/mol. The van der Waals surface area contributed by atoms with Crippen molar-refractivity contribution in [2.45, 2.75) is 73.9 Å². The fourth-order valence-electron chi connectivity index (χ4n) is 3.12. The Labute approximate surface area is 197 Å². The third-order valence-electron chi connectivity index (χ3n) is 4.62. The normalized spacial score (nSPS) is 13.2. The SMILES string of the molecule is C=CC.CC.CC.CC(N)=O.CNCc1ccc(-c2ccc3c(c2)CC[C@H](C)N3C)cc1. The number of rotatable bonds is 3. The molecule has 0 radical (unpaired) electrons. The Balaban J connectivity index is 0. The van der Waals surface area contributed by atoms with Crippen molar-refractivity contribution >= 4 is 11.6 Å². The monoisotopic (exact) mass is 441 g/mol. The number of allylic oxidation sites excluding steroid dienone is 1. The number of nitrogens with two attached hydrogens (primary N) is 1. The smallest absolute Gasteiger partial charge is 0.214 e. The van der Waals surface area contributed by atoms with E-state index in [9.17, 15) is 4.79 Å². The van der Waals surface area contributed by atoms with Gasteiger partial charge in [-0.2, -0.15) is 0 Å². The van der Waals surface area contributed by atoms with Crippen LogP contribution < -0.4 is 16.0 Å². The minimum atomic E-state index is -0.333. The quantitative estimate of drug-likeness (QED) is 0.529. The van der Waals surface area contributed by atoms with Crippen molar-refractivity contribution < 1.29 is 4.79 Å². The van der Waals surface area contributed by atoms with E-state index >= 15 is 0 Å². The van der Waals surface area contributed by atoms with Crippen molar-refractivity contribution in [1.29, 1.82) is 0 Å². The molecule has 0 spiro atoms. The van der Waals surface area contributed by atoms with E-state index in [2.05, 4.69) is 79.0 Å². The van der Waals surface area contributed by atoms with E-state index in [1.54, 1.807) is 6.08 Å². The number of fused-ring (bicyclic) bond motifs is 1. The highest BCUT2D eigenvalue weighted by atomic mass is 16.1. The molecule has 0 fully saturated rings. The number of anilines is 1. The molecule has 2 aromatic rings. The van der Waals surface area contributed by atoms with Crippen LogP contribution in [0.4, 0.5) is 5.69 Å². The molecule has 0 aliphatic carbocycles. The largest absolute Gasteiger partial charge is 0.372 e. The summed E-state index contributed by atoms with van der Waals surface area (Å²) in [6.45, 7) is 17.8. The average molecular weight is 442 g/mol. The Bertz CT molecular complexity index is 750. The predicted octanol–water partition coefficient (Wildman–Crippen LogP) is 6.58. The number of amides is 1. The van der Waals surface area contributed by atoms with Gasteiger partial charge < -0.3 is 16.0 Å². The molecule has 1 amide bonds. The average Bonchev–Trinajstić information content (AvgIpc) is 2.80. The van der Waals surface area contributed by atoms with Gasteiger partial charge in [0.2, 0.25) is 5.91 Å².